The first-order chi connectivity index (χ1) is 4.86. The minimum atomic E-state index is 1.07. The number of hydrogen-bond acceptors (Lipinski definition) is 1. The molecule has 2 aromatic heterocycles. The Hall–Kier alpha value is -1.38. The summed E-state index contributed by atoms with van der Waals surface area (Å²) in [5, 5.41) is 7.94. The molecule has 0 aliphatic heterocycles. The van der Waals surface area contributed by atoms with E-state index in [1.54, 1.807) is 0 Å². The van der Waals surface area contributed by atoms with E-state index in [1.807, 2.05) is 36.3 Å². The van der Waals surface area contributed by atoms with Crippen molar-refractivity contribution in [1.82, 2.24) is 10.2 Å². The van der Waals surface area contributed by atoms with Crippen LogP contribution < -0.4 is 4.57 Å². The first-order valence-corrected chi connectivity index (χ1v) is 3.14. The van der Waals surface area contributed by atoms with Gasteiger partial charge in [0.05, 0.1) is 6.20 Å². The molecule has 0 radical (unpaired) electrons. The maximum atomic E-state index is 3.90. The predicted octanol–water partition coefficient (Wildman–Crippen LogP) is 0.387. The lowest BCUT2D eigenvalue weighted by molar-refractivity contribution is -0.670. The van der Waals surface area contributed by atoms with Crippen LogP contribution in [0.25, 0.3) is 10.9 Å². The Morgan fingerprint density at radius 2 is 2.50 bits per heavy atom. The fourth-order valence-corrected chi connectivity index (χ4v) is 0.986. The molecule has 0 fully saturated rings. The molecule has 0 bridgehead atoms. The van der Waals surface area contributed by atoms with Crippen LogP contribution in [0.3, 0.4) is 0 Å². The molecule has 0 aliphatic rings. The third kappa shape index (κ3) is 0.673. The van der Waals surface area contributed by atoms with Crippen molar-refractivity contribution < 1.29 is 4.57 Å². The highest BCUT2D eigenvalue weighted by molar-refractivity contribution is 5.75. The molecular weight excluding hydrogens is 126 g/mol. The third-order valence-corrected chi connectivity index (χ3v) is 1.52. The molecule has 0 saturated heterocycles. The van der Waals surface area contributed by atoms with Crippen molar-refractivity contribution in [3.63, 3.8) is 0 Å². The van der Waals surface area contributed by atoms with Crippen LogP contribution in [0.5, 0.6) is 0 Å². The van der Waals surface area contributed by atoms with Gasteiger partial charge in [0, 0.05) is 11.5 Å². The molecule has 50 valence electrons. The number of aryl methyl sites for hydroxylation is 1. The van der Waals surface area contributed by atoms with E-state index in [0.29, 0.717) is 0 Å². The monoisotopic (exact) mass is 134 g/mol. The Balaban J connectivity index is 2.86. The van der Waals surface area contributed by atoms with Gasteiger partial charge in [-0.3, -0.25) is 5.10 Å². The van der Waals surface area contributed by atoms with Crippen LogP contribution in [0.1, 0.15) is 0 Å². The summed E-state index contributed by atoms with van der Waals surface area (Å²) in [5.74, 6) is 0. The number of aromatic nitrogens is 3. The van der Waals surface area contributed by atoms with Gasteiger partial charge in [0.25, 0.3) is 0 Å². The summed E-state index contributed by atoms with van der Waals surface area (Å²) in [7, 11) is 1.99. The van der Waals surface area contributed by atoms with E-state index >= 15 is 0 Å². The number of hydrogen-bond donors (Lipinski definition) is 1. The molecule has 1 N–H and O–H groups in total. The Morgan fingerprint density at radius 3 is 3.40 bits per heavy atom. The van der Waals surface area contributed by atoms with Gasteiger partial charge in [0.15, 0.2) is 12.4 Å². The second kappa shape index (κ2) is 1.80. The lowest BCUT2D eigenvalue weighted by Crippen LogP contribution is -2.25. The molecule has 0 aliphatic carbocycles. The van der Waals surface area contributed by atoms with Gasteiger partial charge >= 0.3 is 0 Å². The predicted molar refractivity (Wildman–Crippen MR) is 37.3 cm³/mol. The zero-order valence-electron chi connectivity index (χ0n) is 5.70. The summed E-state index contributed by atoms with van der Waals surface area (Å²) in [6.45, 7) is 0. The standard InChI is InChI=1S/C7H7N3/c1-10-3-2-6-4-8-9-7(6)5-10/h2-5H,1H3/p+1. The van der Waals surface area contributed by atoms with E-state index in [4.69, 9.17) is 0 Å². The lowest BCUT2D eigenvalue weighted by atomic mass is 10.3. The maximum absolute atomic E-state index is 3.90. The largest absolute Gasteiger partial charge is 0.272 e. The number of aromatic amines is 1. The number of nitrogens with one attached hydrogen (secondary N) is 1. The normalized spacial score (nSPS) is 10.5. The summed E-state index contributed by atoms with van der Waals surface area (Å²) in [6, 6.07) is 2.03. The van der Waals surface area contributed by atoms with Crippen LogP contribution in [-0.2, 0) is 7.05 Å². The minimum Gasteiger partial charge on any atom is -0.272 e. The van der Waals surface area contributed by atoms with Crippen LogP contribution in [0.4, 0.5) is 0 Å². The summed E-state index contributed by atoms with van der Waals surface area (Å²) < 4.78 is 1.99. The Morgan fingerprint density at radius 1 is 1.60 bits per heavy atom. The number of pyridine rings is 1. The van der Waals surface area contributed by atoms with E-state index in [-0.39, 0.29) is 0 Å². The molecule has 3 heteroatoms. The molecule has 3 nitrogen and oxygen atoms in total. The number of nitrogens with zero attached hydrogens (tertiary/aromatic N) is 2. The fourth-order valence-electron chi connectivity index (χ4n) is 0.986. The first-order valence-electron chi connectivity index (χ1n) is 3.14. The Labute approximate surface area is 58.3 Å². The van der Waals surface area contributed by atoms with Crippen molar-refractivity contribution in [2.75, 3.05) is 0 Å². The van der Waals surface area contributed by atoms with Gasteiger partial charge in [-0.25, -0.2) is 4.57 Å². The zero-order chi connectivity index (χ0) is 6.97. The molecule has 2 aromatic rings. The highest BCUT2D eigenvalue weighted by Gasteiger charge is 1.97. The van der Waals surface area contributed by atoms with Gasteiger partial charge in [0.2, 0.25) is 0 Å². The van der Waals surface area contributed by atoms with Gasteiger partial charge in [-0.15, -0.1) is 0 Å². The van der Waals surface area contributed by atoms with Crippen LogP contribution in [-0.4, -0.2) is 10.2 Å². The van der Waals surface area contributed by atoms with Gasteiger partial charge < -0.3 is 0 Å². The van der Waals surface area contributed by atoms with Crippen molar-refractivity contribution >= 4 is 10.9 Å². The molecule has 0 unspecified atom stereocenters. The average Bonchev–Trinajstić information content (AvgIpc) is 2.33. The highest BCUT2D eigenvalue weighted by Crippen LogP contribution is 2.04. The number of H-pyrrole nitrogens is 1. The van der Waals surface area contributed by atoms with Crippen LogP contribution >= 0.6 is 0 Å². The second-order valence-electron chi connectivity index (χ2n) is 2.35. The van der Waals surface area contributed by atoms with E-state index in [9.17, 15) is 0 Å². The van der Waals surface area contributed by atoms with E-state index in [1.165, 1.54) is 0 Å². The quantitative estimate of drug-likeness (QED) is 0.519. The van der Waals surface area contributed by atoms with Crippen LogP contribution in [0.15, 0.2) is 24.7 Å². The lowest BCUT2D eigenvalue weighted by Gasteiger charge is -1.84. The zero-order valence-corrected chi connectivity index (χ0v) is 5.70. The van der Waals surface area contributed by atoms with Crippen LogP contribution in [0.2, 0.25) is 0 Å². The van der Waals surface area contributed by atoms with E-state index in [2.05, 4.69) is 10.2 Å². The van der Waals surface area contributed by atoms with Crippen molar-refractivity contribution in [3.8, 4) is 0 Å². The van der Waals surface area contributed by atoms with Gasteiger partial charge in [-0.1, -0.05) is 0 Å². The second-order valence-corrected chi connectivity index (χ2v) is 2.35. The summed E-state index contributed by atoms with van der Waals surface area (Å²) in [4.78, 5) is 0. The summed E-state index contributed by atoms with van der Waals surface area (Å²) in [5.41, 5.74) is 1.07. The number of fused-ring (bicyclic) bond motifs is 1. The van der Waals surface area contributed by atoms with Gasteiger partial charge in [0.1, 0.15) is 12.6 Å². The van der Waals surface area contributed by atoms with Crippen molar-refractivity contribution in [3.05, 3.63) is 24.7 Å². The van der Waals surface area contributed by atoms with Crippen molar-refractivity contribution in [2.24, 2.45) is 7.05 Å². The molecule has 0 saturated carbocycles. The molecule has 0 aromatic carbocycles. The molecule has 2 rings (SSSR count). The first kappa shape index (κ1) is 5.41. The SMILES string of the molecule is C[n+]1ccc2cn[nH]c2c1. The Bertz CT molecular complexity index is 350. The molecule has 2 heterocycles. The minimum absolute atomic E-state index is 1.07. The third-order valence-electron chi connectivity index (χ3n) is 1.52. The summed E-state index contributed by atoms with van der Waals surface area (Å²) >= 11 is 0. The smallest absolute Gasteiger partial charge is 0.194 e. The van der Waals surface area contributed by atoms with E-state index in [0.717, 1.165) is 10.9 Å². The molecular formula is C7H8N3+. The molecule has 0 spiro atoms. The summed E-state index contributed by atoms with van der Waals surface area (Å²) in [6.07, 6.45) is 5.82. The van der Waals surface area contributed by atoms with Crippen molar-refractivity contribution in [2.45, 2.75) is 0 Å². The van der Waals surface area contributed by atoms with Gasteiger partial charge in [-0.05, 0) is 0 Å². The fraction of sp³-hybridized carbons (Fsp3) is 0.143. The molecule has 0 amide bonds. The topological polar surface area (TPSA) is 32.6 Å². The molecule has 10 heavy (non-hydrogen) atoms. The average molecular weight is 134 g/mol. The van der Waals surface area contributed by atoms with Crippen molar-refractivity contribution in [1.29, 1.82) is 0 Å². The molecule has 0 atom stereocenters. The Kier molecular flexibility index (Phi) is 0.974. The van der Waals surface area contributed by atoms with Crippen LogP contribution in [0, 0.1) is 0 Å². The maximum Gasteiger partial charge on any atom is 0.194 e. The highest BCUT2D eigenvalue weighted by atomic mass is 15.1. The van der Waals surface area contributed by atoms with Gasteiger partial charge in [-0.2, -0.15) is 5.10 Å². The number of rotatable bonds is 0. The van der Waals surface area contributed by atoms with E-state index < -0.39 is 0 Å².